The minimum atomic E-state index is 0.292. The molecule has 0 spiro atoms. The van der Waals surface area contributed by atoms with Gasteiger partial charge in [0.2, 0.25) is 0 Å². The van der Waals surface area contributed by atoms with E-state index < -0.39 is 0 Å². The van der Waals surface area contributed by atoms with Crippen molar-refractivity contribution in [3.05, 3.63) is 29.8 Å². The minimum absolute atomic E-state index is 0.292. The standard InChI is InChI=1S/C12H13NO2/c14-9-10-3-5-11(6-4-10)13-7-1-2-12(15)8-13/h3-6,9H,1-2,7-8H2. The summed E-state index contributed by atoms with van der Waals surface area (Å²) in [5.74, 6) is 0.292. The molecule has 0 bridgehead atoms. The quantitative estimate of drug-likeness (QED) is 0.686. The normalized spacial score (nSPS) is 16.5. The Labute approximate surface area is 88.7 Å². The zero-order chi connectivity index (χ0) is 10.7. The number of nitrogens with zero attached hydrogens (tertiary/aromatic N) is 1. The molecule has 0 radical (unpaired) electrons. The van der Waals surface area contributed by atoms with Gasteiger partial charge in [0.05, 0.1) is 6.54 Å². The van der Waals surface area contributed by atoms with Crippen molar-refractivity contribution in [3.8, 4) is 0 Å². The van der Waals surface area contributed by atoms with Gasteiger partial charge in [0.15, 0.2) is 5.78 Å². The number of aldehydes is 1. The van der Waals surface area contributed by atoms with Crippen LogP contribution in [-0.2, 0) is 4.79 Å². The first-order valence-corrected chi connectivity index (χ1v) is 5.11. The SMILES string of the molecule is O=Cc1ccc(N2CCCC(=O)C2)cc1. The van der Waals surface area contributed by atoms with Crippen LogP contribution in [0.2, 0.25) is 0 Å². The lowest BCUT2D eigenvalue weighted by Gasteiger charge is -2.27. The Hall–Kier alpha value is -1.64. The molecule has 3 heteroatoms. The van der Waals surface area contributed by atoms with Gasteiger partial charge in [-0.3, -0.25) is 9.59 Å². The summed E-state index contributed by atoms with van der Waals surface area (Å²) in [5, 5.41) is 0. The van der Waals surface area contributed by atoms with Gasteiger partial charge in [0.25, 0.3) is 0 Å². The number of carbonyl (C=O) groups excluding carboxylic acids is 2. The zero-order valence-electron chi connectivity index (χ0n) is 8.48. The van der Waals surface area contributed by atoms with E-state index in [9.17, 15) is 9.59 Å². The summed E-state index contributed by atoms with van der Waals surface area (Å²) < 4.78 is 0. The number of hydrogen-bond acceptors (Lipinski definition) is 3. The summed E-state index contributed by atoms with van der Waals surface area (Å²) in [5.41, 5.74) is 1.69. The summed E-state index contributed by atoms with van der Waals surface area (Å²) in [4.78, 5) is 23.8. The molecule has 0 N–H and O–H groups in total. The van der Waals surface area contributed by atoms with E-state index in [-0.39, 0.29) is 0 Å². The number of hydrogen-bond donors (Lipinski definition) is 0. The topological polar surface area (TPSA) is 37.4 Å². The summed E-state index contributed by atoms with van der Waals surface area (Å²) in [7, 11) is 0. The third-order valence-corrected chi connectivity index (χ3v) is 2.65. The second kappa shape index (κ2) is 4.26. The van der Waals surface area contributed by atoms with Gasteiger partial charge < -0.3 is 4.90 Å². The van der Waals surface area contributed by atoms with Crippen LogP contribution >= 0.6 is 0 Å². The van der Waals surface area contributed by atoms with E-state index in [1.807, 2.05) is 12.1 Å². The van der Waals surface area contributed by atoms with E-state index in [2.05, 4.69) is 4.90 Å². The number of benzene rings is 1. The highest BCUT2D eigenvalue weighted by Crippen LogP contribution is 2.18. The van der Waals surface area contributed by atoms with Crippen LogP contribution in [0.4, 0.5) is 5.69 Å². The third-order valence-electron chi connectivity index (χ3n) is 2.65. The monoisotopic (exact) mass is 203 g/mol. The number of piperidine rings is 1. The predicted octanol–water partition coefficient (Wildman–Crippen LogP) is 1.67. The largest absolute Gasteiger partial charge is 0.364 e. The number of rotatable bonds is 2. The average Bonchev–Trinajstić information content (AvgIpc) is 2.29. The number of Topliss-reactive ketones (excluding diaryl/α,β-unsaturated/α-hetero) is 1. The molecule has 0 saturated carbocycles. The molecule has 1 aliphatic rings. The molecule has 0 amide bonds. The summed E-state index contributed by atoms with van der Waals surface area (Å²) >= 11 is 0. The Bertz CT molecular complexity index is 370. The first-order chi connectivity index (χ1) is 7.29. The first kappa shape index (κ1) is 9.90. The van der Waals surface area contributed by atoms with Crippen molar-refractivity contribution in [2.24, 2.45) is 0 Å². The Morgan fingerprint density at radius 2 is 1.93 bits per heavy atom. The van der Waals surface area contributed by atoms with E-state index in [1.54, 1.807) is 12.1 Å². The Morgan fingerprint density at radius 1 is 1.20 bits per heavy atom. The van der Waals surface area contributed by atoms with E-state index in [0.29, 0.717) is 24.3 Å². The molecule has 2 rings (SSSR count). The van der Waals surface area contributed by atoms with Crippen LogP contribution in [-0.4, -0.2) is 25.2 Å². The summed E-state index contributed by atoms with van der Waals surface area (Å²) in [6, 6.07) is 7.34. The van der Waals surface area contributed by atoms with E-state index in [1.165, 1.54) is 0 Å². The van der Waals surface area contributed by atoms with Gasteiger partial charge in [-0.05, 0) is 30.7 Å². The van der Waals surface area contributed by atoms with E-state index >= 15 is 0 Å². The Kier molecular flexibility index (Phi) is 2.81. The highest BCUT2D eigenvalue weighted by atomic mass is 16.1. The summed E-state index contributed by atoms with van der Waals surface area (Å²) in [6.07, 6.45) is 2.45. The number of anilines is 1. The average molecular weight is 203 g/mol. The van der Waals surface area contributed by atoms with Crippen molar-refractivity contribution < 1.29 is 9.59 Å². The third kappa shape index (κ3) is 2.24. The highest BCUT2D eigenvalue weighted by molar-refractivity contribution is 5.85. The van der Waals surface area contributed by atoms with Gasteiger partial charge in [0.1, 0.15) is 6.29 Å². The maximum atomic E-state index is 11.3. The van der Waals surface area contributed by atoms with Crippen LogP contribution in [0.25, 0.3) is 0 Å². The van der Waals surface area contributed by atoms with Crippen molar-refractivity contribution in [3.63, 3.8) is 0 Å². The van der Waals surface area contributed by atoms with Crippen molar-refractivity contribution in [2.45, 2.75) is 12.8 Å². The maximum absolute atomic E-state index is 11.3. The van der Waals surface area contributed by atoms with Gasteiger partial charge in [-0.25, -0.2) is 0 Å². The molecule has 0 aliphatic carbocycles. The van der Waals surface area contributed by atoms with Crippen LogP contribution in [0.15, 0.2) is 24.3 Å². The second-order valence-electron chi connectivity index (χ2n) is 3.77. The Morgan fingerprint density at radius 3 is 2.53 bits per heavy atom. The predicted molar refractivity (Wildman–Crippen MR) is 58.3 cm³/mol. The van der Waals surface area contributed by atoms with Crippen LogP contribution in [0.3, 0.4) is 0 Å². The minimum Gasteiger partial charge on any atom is -0.364 e. The van der Waals surface area contributed by atoms with Crippen LogP contribution in [0.5, 0.6) is 0 Å². The Balaban J connectivity index is 2.14. The van der Waals surface area contributed by atoms with E-state index in [0.717, 1.165) is 24.9 Å². The van der Waals surface area contributed by atoms with Crippen molar-refractivity contribution in [2.75, 3.05) is 18.0 Å². The molecule has 0 atom stereocenters. The highest BCUT2D eigenvalue weighted by Gasteiger charge is 2.16. The molecule has 1 aliphatic heterocycles. The smallest absolute Gasteiger partial charge is 0.152 e. The summed E-state index contributed by atoms with van der Waals surface area (Å²) in [6.45, 7) is 1.42. The van der Waals surface area contributed by atoms with Gasteiger partial charge in [-0.15, -0.1) is 0 Å². The molecular formula is C12H13NO2. The molecule has 15 heavy (non-hydrogen) atoms. The van der Waals surface area contributed by atoms with Crippen molar-refractivity contribution >= 4 is 17.8 Å². The van der Waals surface area contributed by atoms with Crippen molar-refractivity contribution in [1.29, 1.82) is 0 Å². The fourth-order valence-electron chi connectivity index (χ4n) is 1.82. The lowest BCUT2D eigenvalue weighted by molar-refractivity contribution is -0.118. The molecule has 1 saturated heterocycles. The zero-order valence-corrected chi connectivity index (χ0v) is 8.48. The molecule has 1 fully saturated rings. The fourth-order valence-corrected chi connectivity index (χ4v) is 1.82. The molecule has 0 unspecified atom stereocenters. The molecule has 0 aromatic heterocycles. The van der Waals surface area contributed by atoms with Gasteiger partial charge >= 0.3 is 0 Å². The van der Waals surface area contributed by atoms with Crippen LogP contribution < -0.4 is 4.90 Å². The molecule has 3 nitrogen and oxygen atoms in total. The fraction of sp³-hybridized carbons (Fsp3) is 0.333. The molecule has 1 aromatic carbocycles. The van der Waals surface area contributed by atoms with Crippen molar-refractivity contribution in [1.82, 2.24) is 0 Å². The maximum Gasteiger partial charge on any atom is 0.152 e. The van der Waals surface area contributed by atoms with Gasteiger partial charge in [-0.1, -0.05) is 0 Å². The molecule has 78 valence electrons. The first-order valence-electron chi connectivity index (χ1n) is 5.11. The van der Waals surface area contributed by atoms with E-state index in [4.69, 9.17) is 0 Å². The number of ketones is 1. The molecule has 1 aromatic rings. The molecule has 1 heterocycles. The second-order valence-corrected chi connectivity index (χ2v) is 3.77. The van der Waals surface area contributed by atoms with Gasteiger partial charge in [-0.2, -0.15) is 0 Å². The van der Waals surface area contributed by atoms with Crippen LogP contribution in [0.1, 0.15) is 23.2 Å². The molecular weight excluding hydrogens is 190 g/mol. The van der Waals surface area contributed by atoms with Gasteiger partial charge in [0, 0.05) is 24.2 Å². The lowest BCUT2D eigenvalue weighted by atomic mass is 10.1. The number of carbonyl (C=O) groups is 2. The van der Waals surface area contributed by atoms with Crippen LogP contribution in [0, 0.1) is 0 Å². The lowest BCUT2D eigenvalue weighted by Crippen LogP contribution is -2.35.